The van der Waals surface area contributed by atoms with Crippen LogP contribution in [-0.4, -0.2) is 18.6 Å². The predicted octanol–water partition coefficient (Wildman–Crippen LogP) is 1.86. The Balaban J connectivity index is 2.83. The zero-order valence-corrected chi connectivity index (χ0v) is 8.53. The van der Waals surface area contributed by atoms with E-state index in [1.807, 2.05) is 0 Å². The summed E-state index contributed by atoms with van der Waals surface area (Å²) in [6, 6.07) is 0. The van der Waals surface area contributed by atoms with E-state index >= 15 is 0 Å². The molecule has 3 nitrogen and oxygen atoms in total. The third-order valence-electron chi connectivity index (χ3n) is 1.83. The molecule has 0 spiro atoms. The molecule has 0 saturated heterocycles. The molecule has 0 aliphatic heterocycles. The molecular formula is C9H14F2N2O. The first-order valence-electron chi connectivity index (χ1n) is 4.44. The van der Waals surface area contributed by atoms with Gasteiger partial charge in [0.25, 0.3) is 0 Å². The van der Waals surface area contributed by atoms with E-state index in [9.17, 15) is 8.78 Å². The summed E-state index contributed by atoms with van der Waals surface area (Å²) in [5, 5.41) is 2.90. The summed E-state index contributed by atoms with van der Waals surface area (Å²) in [6.45, 7) is 3.00. The van der Waals surface area contributed by atoms with Crippen molar-refractivity contribution in [1.29, 1.82) is 0 Å². The van der Waals surface area contributed by atoms with Gasteiger partial charge < -0.3 is 9.73 Å². The Morgan fingerprint density at radius 1 is 1.50 bits per heavy atom. The van der Waals surface area contributed by atoms with Gasteiger partial charge in [-0.1, -0.05) is 0 Å². The fourth-order valence-electron chi connectivity index (χ4n) is 1.20. The Morgan fingerprint density at radius 2 is 2.14 bits per heavy atom. The average molecular weight is 204 g/mol. The molecular weight excluding hydrogens is 190 g/mol. The number of oxazole rings is 1. The Morgan fingerprint density at radius 3 is 2.57 bits per heavy atom. The smallest absolute Gasteiger partial charge is 0.303 e. The molecule has 0 saturated carbocycles. The molecule has 1 rings (SSSR count). The summed E-state index contributed by atoms with van der Waals surface area (Å²) >= 11 is 0. The number of nitrogens with one attached hydrogen (secondary N) is 1. The normalized spacial score (nSPS) is 12.1. The number of rotatable bonds is 4. The van der Waals surface area contributed by atoms with Crippen LogP contribution in [0, 0.1) is 6.92 Å². The quantitative estimate of drug-likeness (QED) is 0.813. The second-order valence-electron chi connectivity index (χ2n) is 3.26. The summed E-state index contributed by atoms with van der Waals surface area (Å²) < 4.78 is 30.8. The van der Waals surface area contributed by atoms with Crippen LogP contribution < -0.4 is 5.32 Å². The van der Waals surface area contributed by atoms with Gasteiger partial charge in [0.2, 0.25) is 0 Å². The molecule has 0 aromatic carbocycles. The van der Waals surface area contributed by atoms with Crippen LogP contribution in [-0.2, 0) is 12.3 Å². The number of alkyl halides is 2. The molecule has 0 atom stereocenters. The third kappa shape index (κ3) is 2.51. The Hall–Kier alpha value is -0.970. The molecule has 1 N–H and O–H groups in total. The van der Waals surface area contributed by atoms with Crippen molar-refractivity contribution in [3.63, 3.8) is 0 Å². The fourth-order valence-corrected chi connectivity index (χ4v) is 1.20. The number of nitrogens with zero attached hydrogens (tertiary/aromatic N) is 1. The highest BCUT2D eigenvalue weighted by atomic mass is 19.3. The molecule has 0 fully saturated rings. The first-order valence-corrected chi connectivity index (χ1v) is 4.44. The van der Waals surface area contributed by atoms with E-state index in [-0.39, 0.29) is 11.5 Å². The number of likely N-dealkylation sites (N-methyl/N-ethyl adjacent to an activating group) is 1. The molecule has 0 aliphatic carbocycles. The average Bonchev–Trinajstić information content (AvgIpc) is 2.42. The van der Waals surface area contributed by atoms with E-state index in [0.717, 1.165) is 6.92 Å². The highest BCUT2D eigenvalue weighted by Crippen LogP contribution is 2.30. The molecule has 1 aromatic rings. The lowest BCUT2D eigenvalue weighted by Crippen LogP contribution is -2.10. The molecule has 0 radical (unpaired) electrons. The van der Waals surface area contributed by atoms with Crippen molar-refractivity contribution in [2.45, 2.75) is 26.2 Å². The van der Waals surface area contributed by atoms with Gasteiger partial charge in [0.1, 0.15) is 0 Å². The van der Waals surface area contributed by atoms with Crippen LogP contribution >= 0.6 is 0 Å². The number of halogens is 2. The molecule has 80 valence electrons. The van der Waals surface area contributed by atoms with E-state index in [0.29, 0.717) is 18.9 Å². The summed E-state index contributed by atoms with van der Waals surface area (Å²) in [7, 11) is 1.78. The number of aryl methyl sites for hydroxylation is 1. The summed E-state index contributed by atoms with van der Waals surface area (Å²) in [5.41, 5.74) is 0.267. The molecule has 0 unspecified atom stereocenters. The molecule has 1 heterocycles. The van der Waals surface area contributed by atoms with Gasteiger partial charge in [0.05, 0.1) is 5.69 Å². The van der Waals surface area contributed by atoms with Gasteiger partial charge in [0.15, 0.2) is 11.7 Å². The Bertz CT molecular complexity index is 304. The maximum Gasteiger partial charge on any atom is 0.303 e. The van der Waals surface area contributed by atoms with E-state index in [1.54, 1.807) is 7.05 Å². The van der Waals surface area contributed by atoms with Crippen LogP contribution in [0.5, 0.6) is 0 Å². The summed E-state index contributed by atoms with van der Waals surface area (Å²) in [5.74, 6) is -2.92. The van der Waals surface area contributed by atoms with Crippen LogP contribution in [0.1, 0.15) is 24.3 Å². The first kappa shape index (κ1) is 11.1. The lowest BCUT2D eigenvalue weighted by molar-refractivity contribution is -0.00699. The highest BCUT2D eigenvalue weighted by Gasteiger charge is 2.32. The lowest BCUT2D eigenvalue weighted by atomic mass is 10.2. The Labute approximate surface area is 81.5 Å². The standard InChI is InChI=1S/C9H14F2N2O/c1-6-8(9(2,10)11)14-7(13-6)4-5-12-3/h12H,4-5H2,1-3H3. The molecule has 0 bridgehead atoms. The maximum absolute atomic E-state index is 12.9. The van der Waals surface area contributed by atoms with Crippen molar-refractivity contribution in [2.75, 3.05) is 13.6 Å². The largest absolute Gasteiger partial charge is 0.439 e. The van der Waals surface area contributed by atoms with Crippen molar-refractivity contribution in [3.8, 4) is 0 Å². The Kier molecular flexibility index (Phi) is 3.21. The van der Waals surface area contributed by atoms with Gasteiger partial charge in [-0.15, -0.1) is 0 Å². The second kappa shape index (κ2) is 4.04. The van der Waals surface area contributed by atoms with Gasteiger partial charge in [-0.2, -0.15) is 8.78 Å². The minimum absolute atomic E-state index is 0.267. The lowest BCUT2D eigenvalue weighted by Gasteiger charge is -2.05. The van der Waals surface area contributed by atoms with Crippen molar-refractivity contribution >= 4 is 0 Å². The SMILES string of the molecule is CNCCc1nc(C)c(C(C)(F)F)o1. The van der Waals surface area contributed by atoms with Gasteiger partial charge in [-0.3, -0.25) is 0 Å². The van der Waals surface area contributed by atoms with E-state index in [4.69, 9.17) is 4.42 Å². The maximum atomic E-state index is 12.9. The minimum Gasteiger partial charge on any atom is -0.439 e. The molecule has 5 heteroatoms. The van der Waals surface area contributed by atoms with Crippen LogP contribution in [0.2, 0.25) is 0 Å². The monoisotopic (exact) mass is 204 g/mol. The number of hydrogen-bond donors (Lipinski definition) is 1. The van der Waals surface area contributed by atoms with Crippen molar-refractivity contribution in [3.05, 3.63) is 17.3 Å². The van der Waals surface area contributed by atoms with Gasteiger partial charge in [-0.25, -0.2) is 4.98 Å². The second-order valence-corrected chi connectivity index (χ2v) is 3.26. The van der Waals surface area contributed by atoms with Crippen molar-refractivity contribution < 1.29 is 13.2 Å². The first-order chi connectivity index (χ1) is 6.45. The molecule has 0 amide bonds. The van der Waals surface area contributed by atoms with E-state index in [1.165, 1.54) is 6.92 Å². The van der Waals surface area contributed by atoms with Gasteiger partial charge in [-0.05, 0) is 14.0 Å². The summed E-state index contributed by atoms with van der Waals surface area (Å²) in [6.07, 6.45) is 0.521. The van der Waals surface area contributed by atoms with Crippen LogP contribution in [0.4, 0.5) is 8.78 Å². The number of hydrogen-bond acceptors (Lipinski definition) is 3. The van der Waals surface area contributed by atoms with Gasteiger partial charge >= 0.3 is 5.92 Å². The van der Waals surface area contributed by atoms with Crippen molar-refractivity contribution in [2.24, 2.45) is 0 Å². The van der Waals surface area contributed by atoms with E-state index < -0.39 is 5.92 Å². The zero-order valence-electron chi connectivity index (χ0n) is 8.53. The fraction of sp³-hybridized carbons (Fsp3) is 0.667. The topological polar surface area (TPSA) is 38.1 Å². The van der Waals surface area contributed by atoms with Crippen molar-refractivity contribution in [1.82, 2.24) is 10.3 Å². The van der Waals surface area contributed by atoms with E-state index in [2.05, 4.69) is 10.3 Å². The van der Waals surface area contributed by atoms with Crippen LogP contribution in [0.3, 0.4) is 0 Å². The molecule has 0 aliphatic rings. The predicted molar refractivity (Wildman–Crippen MR) is 48.4 cm³/mol. The van der Waals surface area contributed by atoms with Crippen LogP contribution in [0.15, 0.2) is 4.42 Å². The minimum atomic E-state index is -2.95. The molecule has 1 aromatic heterocycles. The molecule has 14 heavy (non-hydrogen) atoms. The number of aromatic nitrogens is 1. The zero-order chi connectivity index (χ0) is 10.8. The third-order valence-corrected chi connectivity index (χ3v) is 1.83. The van der Waals surface area contributed by atoms with Crippen LogP contribution in [0.25, 0.3) is 0 Å². The summed E-state index contributed by atoms with van der Waals surface area (Å²) in [4.78, 5) is 3.93. The van der Waals surface area contributed by atoms with Gasteiger partial charge in [0, 0.05) is 19.9 Å². The highest BCUT2D eigenvalue weighted by molar-refractivity contribution is 5.12.